The minimum Gasteiger partial charge on any atom is -0.478 e. The second kappa shape index (κ2) is 11.0. The third-order valence-electron chi connectivity index (χ3n) is 7.07. The van der Waals surface area contributed by atoms with Crippen LogP contribution in [0.1, 0.15) is 61.9 Å². The number of carbonyl (C=O) groups is 1. The van der Waals surface area contributed by atoms with E-state index in [2.05, 4.69) is 28.4 Å². The van der Waals surface area contributed by atoms with Crippen LogP contribution in [0.5, 0.6) is 0 Å². The van der Waals surface area contributed by atoms with Crippen molar-refractivity contribution in [3.05, 3.63) is 53.6 Å². The molecule has 0 spiro atoms. The highest BCUT2D eigenvalue weighted by molar-refractivity contribution is 7.92. The molecule has 0 aliphatic carbocycles. The fourth-order valence-corrected chi connectivity index (χ4v) is 6.34. The van der Waals surface area contributed by atoms with E-state index < -0.39 is 16.0 Å². The molecule has 2 saturated heterocycles. The lowest BCUT2D eigenvalue weighted by Crippen LogP contribution is -2.47. The van der Waals surface area contributed by atoms with Crippen molar-refractivity contribution in [3.8, 4) is 0 Å². The Morgan fingerprint density at radius 3 is 2.26 bits per heavy atom. The maximum Gasteiger partial charge on any atom is 0.337 e. The van der Waals surface area contributed by atoms with Gasteiger partial charge in [-0.1, -0.05) is 32.4 Å². The Kier molecular flexibility index (Phi) is 8.02. The van der Waals surface area contributed by atoms with E-state index in [1.165, 1.54) is 38.4 Å². The van der Waals surface area contributed by atoms with Gasteiger partial charge >= 0.3 is 5.97 Å². The molecule has 0 saturated carbocycles. The van der Waals surface area contributed by atoms with E-state index >= 15 is 0 Å². The average Bonchev–Trinajstić information content (AvgIpc) is 2.84. The lowest BCUT2D eigenvalue weighted by atomic mass is 9.98. The summed E-state index contributed by atoms with van der Waals surface area (Å²) in [7, 11) is -3.82. The normalized spacial score (nSPS) is 18.1. The molecule has 190 valence electrons. The van der Waals surface area contributed by atoms with Crippen LogP contribution in [0, 0.1) is 5.92 Å². The molecule has 2 aromatic rings. The highest BCUT2D eigenvalue weighted by Crippen LogP contribution is 2.30. The van der Waals surface area contributed by atoms with E-state index in [0.717, 1.165) is 37.9 Å². The van der Waals surface area contributed by atoms with Crippen molar-refractivity contribution in [2.45, 2.75) is 63.3 Å². The number of aromatic carboxylic acids is 1. The predicted octanol–water partition coefficient (Wildman–Crippen LogP) is 4.84. The molecule has 2 N–H and O–H groups in total. The zero-order valence-electron chi connectivity index (χ0n) is 20.7. The van der Waals surface area contributed by atoms with Crippen molar-refractivity contribution in [2.75, 3.05) is 35.8 Å². The molecule has 0 aromatic heterocycles. The first kappa shape index (κ1) is 25.5. The lowest BCUT2D eigenvalue weighted by molar-refractivity contribution is 0.0697. The Morgan fingerprint density at radius 1 is 1.00 bits per heavy atom. The van der Waals surface area contributed by atoms with Gasteiger partial charge in [-0.25, -0.2) is 13.2 Å². The Hall–Kier alpha value is -2.58. The molecule has 0 unspecified atom stereocenters. The number of rotatable bonds is 8. The van der Waals surface area contributed by atoms with Crippen LogP contribution in [0.15, 0.2) is 47.4 Å². The number of carboxylic acid groups (broad SMARTS) is 1. The van der Waals surface area contributed by atoms with Crippen LogP contribution in [0.2, 0.25) is 0 Å². The summed E-state index contributed by atoms with van der Waals surface area (Å²) in [5.41, 5.74) is 2.10. The van der Waals surface area contributed by atoms with Gasteiger partial charge in [0.05, 0.1) is 16.1 Å². The Bertz CT molecular complexity index is 1120. The number of piperidine rings is 2. The van der Waals surface area contributed by atoms with Gasteiger partial charge < -0.3 is 14.9 Å². The molecule has 2 fully saturated rings. The molecule has 35 heavy (non-hydrogen) atoms. The quantitative estimate of drug-likeness (QED) is 0.540. The molecule has 0 bridgehead atoms. The Labute approximate surface area is 209 Å². The average molecular weight is 500 g/mol. The summed E-state index contributed by atoms with van der Waals surface area (Å²) in [6.45, 7) is 8.17. The largest absolute Gasteiger partial charge is 0.478 e. The highest BCUT2D eigenvalue weighted by atomic mass is 32.2. The number of nitrogens with one attached hydrogen (secondary N) is 1. The molecule has 2 aromatic carbocycles. The molecule has 0 atom stereocenters. The Balaban J connectivity index is 1.46. The van der Waals surface area contributed by atoms with Crippen LogP contribution in [-0.2, 0) is 16.4 Å². The Morgan fingerprint density at radius 2 is 1.66 bits per heavy atom. The van der Waals surface area contributed by atoms with Gasteiger partial charge in [0.2, 0.25) is 0 Å². The molecule has 0 radical (unpaired) electrons. The fourth-order valence-electron chi connectivity index (χ4n) is 5.29. The first-order chi connectivity index (χ1) is 16.7. The zero-order valence-corrected chi connectivity index (χ0v) is 21.6. The number of likely N-dealkylation sites (tertiary alicyclic amines) is 1. The van der Waals surface area contributed by atoms with E-state index in [9.17, 15) is 18.3 Å². The predicted molar refractivity (Wildman–Crippen MR) is 140 cm³/mol. The molecular weight excluding hydrogens is 462 g/mol. The standard InChI is InChI=1S/C27H37N3O4S/c1-20(2)18-21-6-9-24(10-7-21)35(33,34)28-22-8-11-26(25(19-22)27(31)32)30-16-12-23(13-17-30)29-14-4-3-5-15-29/h6-11,19-20,23,28H,3-5,12-18H2,1-2H3,(H,31,32). The van der Waals surface area contributed by atoms with Crippen molar-refractivity contribution < 1.29 is 18.3 Å². The number of hydrogen-bond donors (Lipinski definition) is 2. The molecule has 0 amide bonds. The van der Waals surface area contributed by atoms with Gasteiger partial charge in [-0.2, -0.15) is 0 Å². The number of sulfonamides is 1. The van der Waals surface area contributed by atoms with Crippen molar-refractivity contribution in [2.24, 2.45) is 5.92 Å². The second-order valence-corrected chi connectivity index (χ2v) is 11.9. The van der Waals surface area contributed by atoms with E-state index in [4.69, 9.17) is 0 Å². The van der Waals surface area contributed by atoms with Crippen molar-refractivity contribution in [3.63, 3.8) is 0 Å². The van der Waals surface area contributed by atoms with Gasteiger partial charge in [0, 0.05) is 24.8 Å². The molecule has 2 heterocycles. The van der Waals surface area contributed by atoms with Crippen LogP contribution in [0.25, 0.3) is 0 Å². The molecule has 7 nitrogen and oxygen atoms in total. The smallest absolute Gasteiger partial charge is 0.337 e. The minimum absolute atomic E-state index is 0.119. The van der Waals surface area contributed by atoms with Crippen LogP contribution in [-0.4, -0.2) is 56.6 Å². The van der Waals surface area contributed by atoms with Gasteiger partial charge in [-0.05, 0) is 87.0 Å². The summed E-state index contributed by atoms with van der Waals surface area (Å²) in [6.07, 6.45) is 6.76. The van der Waals surface area contributed by atoms with Crippen LogP contribution in [0.3, 0.4) is 0 Å². The van der Waals surface area contributed by atoms with E-state index in [1.807, 2.05) is 12.1 Å². The van der Waals surface area contributed by atoms with Crippen LogP contribution >= 0.6 is 0 Å². The summed E-state index contributed by atoms with van der Waals surface area (Å²) in [5.74, 6) is -0.573. The first-order valence-corrected chi connectivity index (χ1v) is 14.2. The summed E-state index contributed by atoms with van der Waals surface area (Å²) in [5, 5.41) is 9.88. The van der Waals surface area contributed by atoms with Gasteiger partial charge in [0.15, 0.2) is 0 Å². The molecule has 2 aliphatic heterocycles. The maximum atomic E-state index is 12.9. The summed E-state index contributed by atoms with van der Waals surface area (Å²) < 4.78 is 28.4. The number of hydrogen-bond acceptors (Lipinski definition) is 5. The van der Waals surface area contributed by atoms with Crippen LogP contribution in [0.4, 0.5) is 11.4 Å². The first-order valence-electron chi connectivity index (χ1n) is 12.7. The molecule has 4 rings (SSSR count). The fraction of sp³-hybridized carbons (Fsp3) is 0.519. The van der Waals surface area contributed by atoms with Gasteiger partial charge in [0.25, 0.3) is 10.0 Å². The van der Waals surface area contributed by atoms with Crippen molar-refractivity contribution in [1.29, 1.82) is 0 Å². The van der Waals surface area contributed by atoms with E-state index in [-0.39, 0.29) is 16.1 Å². The second-order valence-electron chi connectivity index (χ2n) is 10.2. The number of anilines is 2. The van der Waals surface area contributed by atoms with Crippen molar-refractivity contribution >= 4 is 27.4 Å². The number of benzene rings is 2. The number of nitrogens with zero attached hydrogens (tertiary/aromatic N) is 2. The molecule has 2 aliphatic rings. The van der Waals surface area contributed by atoms with Gasteiger partial charge in [0.1, 0.15) is 0 Å². The van der Waals surface area contributed by atoms with E-state index in [1.54, 1.807) is 24.3 Å². The maximum absolute atomic E-state index is 12.9. The minimum atomic E-state index is -3.82. The van der Waals surface area contributed by atoms with Crippen molar-refractivity contribution in [1.82, 2.24) is 4.90 Å². The third-order valence-corrected chi connectivity index (χ3v) is 8.47. The summed E-state index contributed by atoms with van der Waals surface area (Å²) >= 11 is 0. The molecular formula is C27H37N3O4S. The zero-order chi connectivity index (χ0) is 25.0. The summed E-state index contributed by atoms with van der Waals surface area (Å²) in [4.78, 5) is 16.9. The molecule has 8 heteroatoms. The third kappa shape index (κ3) is 6.35. The van der Waals surface area contributed by atoms with Gasteiger partial charge in [-0.15, -0.1) is 0 Å². The lowest BCUT2D eigenvalue weighted by Gasteiger charge is -2.41. The topological polar surface area (TPSA) is 90.0 Å². The van der Waals surface area contributed by atoms with E-state index in [0.29, 0.717) is 17.6 Å². The SMILES string of the molecule is CC(C)Cc1ccc(S(=O)(=O)Nc2ccc(N3CCC(N4CCCCC4)CC3)c(C(=O)O)c2)cc1. The number of carboxylic acids is 1. The monoisotopic (exact) mass is 499 g/mol. The van der Waals surface area contributed by atoms with Gasteiger partial charge in [-0.3, -0.25) is 4.72 Å². The van der Waals surface area contributed by atoms with Crippen LogP contribution < -0.4 is 9.62 Å². The summed E-state index contributed by atoms with van der Waals surface area (Å²) in [6, 6.07) is 12.2. The highest BCUT2D eigenvalue weighted by Gasteiger charge is 2.27.